The first kappa shape index (κ1) is 21.9. The Morgan fingerprint density at radius 2 is 1.88 bits per heavy atom. The first-order chi connectivity index (χ1) is 15.5. The molecule has 0 aliphatic heterocycles. The molecule has 1 heterocycles. The maximum Gasteiger partial charge on any atom is 0.412 e. The summed E-state index contributed by atoms with van der Waals surface area (Å²) >= 11 is 6.23. The van der Waals surface area contributed by atoms with Crippen molar-refractivity contribution in [3.8, 4) is 11.1 Å². The van der Waals surface area contributed by atoms with Crippen LogP contribution in [0.2, 0.25) is 5.02 Å². The van der Waals surface area contributed by atoms with E-state index in [-0.39, 0.29) is 0 Å². The molecule has 0 radical (unpaired) electrons. The molecule has 0 spiro atoms. The summed E-state index contributed by atoms with van der Waals surface area (Å²) < 4.78 is 11.1. The van der Waals surface area contributed by atoms with Gasteiger partial charge in [-0.3, -0.25) is 5.32 Å². The van der Waals surface area contributed by atoms with Gasteiger partial charge in [0.25, 0.3) is 0 Å². The van der Waals surface area contributed by atoms with Crippen molar-refractivity contribution in [2.75, 3.05) is 5.32 Å². The molecule has 0 bridgehead atoms. The van der Waals surface area contributed by atoms with Crippen LogP contribution in [0.5, 0.6) is 0 Å². The Kier molecular flexibility index (Phi) is 6.47. The van der Waals surface area contributed by atoms with E-state index in [0.717, 1.165) is 34.9 Å². The number of carbonyl (C=O) groups is 1. The molecule has 1 atom stereocenters. The number of aromatic nitrogens is 1. The minimum absolute atomic E-state index is 0.503. The summed E-state index contributed by atoms with van der Waals surface area (Å²) in [6.45, 7) is 5.79. The minimum Gasteiger partial charge on any atom is -0.441 e. The number of ether oxygens (including phenoxy) is 1. The monoisotopic (exact) mass is 448 g/mol. The number of nitrogens with zero attached hydrogens (tertiary/aromatic N) is 1. The Morgan fingerprint density at radius 1 is 1.12 bits per heavy atom. The summed E-state index contributed by atoms with van der Waals surface area (Å²) in [5, 5.41) is 8.25. The van der Waals surface area contributed by atoms with Crippen LogP contribution in [0.1, 0.15) is 43.2 Å². The zero-order valence-electron chi connectivity index (χ0n) is 18.3. The second-order valence-corrected chi connectivity index (χ2v) is 8.21. The number of hydrogen-bond acceptors (Lipinski definition) is 4. The number of aryl methyl sites for hydroxylation is 2. The highest BCUT2D eigenvalue weighted by atomic mass is 35.5. The van der Waals surface area contributed by atoms with Crippen LogP contribution in [0.3, 0.4) is 0 Å². The Morgan fingerprint density at radius 3 is 2.59 bits per heavy atom. The van der Waals surface area contributed by atoms with E-state index in [9.17, 15) is 4.79 Å². The molecule has 0 saturated heterocycles. The average Bonchev–Trinajstić information content (AvgIpc) is 3.15. The maximum atomic E-state index is 12.7. The molecule has 164 valence electrons. The molecule has 5 nitrogen and oxygen atoms in total. The lowest BCUT2D eigenvalue weighted by molar-refractivity contribution is 0.121. The number of rotatable bonds is 6. The predicted molar refractivity (Wildman–Crippen MR) is 128 cm³/mol. The summed E-state index contributed by atoms with van der Waals surface area (Å²) in [6, 6.07) is 19.6. The van der Waals surface area contributed by atoms with Gasteiger partial charge in [-0.15, -0.1) is 0 Å². The van der Waals surface area contributed by atoms with Gasteiger partial charge in [0.15, 0.2) is 5.58 Å². The summed E-state index contributed by atoms with van der Waals surface area (Å²) in [6.07, 6.45) is 1.07. The lowest BCUT2D eigenvalue weighted by Crippen LogP contribution is -2.16. The lowest BCUT2D eigenvalue weighted by Gasteiger charge is -2.16. The predicted octanol–water partition coefficient (Wildman–Crippen LogP) is 7.72. The second-order valence-electron chi connectivity index (χ2n) is 7.81. The fourth-order valence-corrected chi connectivity index (χ4v) is 4.10. The molecule has 4 aromatic rings. The van der Waals surface area contributed by atoms with E-state index < -0.39 is 12.2 Å². The summed E-state index contributed by atoms with van der Waals surface area (Å²) in [5.41, 5.74) is 5.88. The number of carbonyl (C=O) groups excluding carboxylic acids is 1. The van der Waals surface area contributed by atoms with Crippen molar-refractivity contribution in [3.05, 3.63) is 82.5 Å². The van der Waals surface area contributed by atoms with Gasteiger partial charge in [-0.1, -0.05) is 72.6 Å². The number of halogens is 1. The summed E-state index contributed by atoms with van der Waals surface area (Å²) in [7, 11) is 0. The number of nitrogens with one attached hydrogen (secondary N) is 1. The van der Waals surface area contributed by atoms with Crippen molar-refractivity contribution < 1.29 is 14.1 Å². The third-order valence-electron chi connectivity index (χ3n) is 5.43. The fourth-order valence-electron chi connectivity index (χ4n) is 3.81. The van der Waals surface area contributed by atoms with Crippen molar-refractivity contribution in [1.82, 2.24) is 5.16 Å². The zero-order valence-corrected chi connectivity index (χ0v) is 19.1. The molecule has 0 saturated carbocycles. The molecule has 0 aliphatic rings. The van der Waals surface area contributed by atoms with Crippen LogP contribution in [0, 0.1) is 6.92 Å². The normalized spacial score (nSPS) is 12.0. The largest absolute Gasteiger partial charge is 0.441 e. The van der Waals surface area contributed by atoms with Crippen LogP contribution in [0.15, 0.2) is 65.2 Å². The van der Waals surface area contributed by atoms with E-state index in [4.69, 9.17) is 20.9 Å². The van der Waals surface area contributed by atoms with Crippen LogP contribution < -0.4 is 5.32 Å². The van der Waals surface area contributed by atoms with E-state index in [0.29, 0.717) is 22.0 Å². The van der Waals surface area contributed by atoms with Crippen LogP contribution in [-0.2, 0) is 11.2 Å². The minimum atomic E-state index is -0.574. The van der Waals surface area contributed by atoms with E-state index in [2.05, 4.69) is 41.7 Å². The van der Waals surface area contributed by atoms with E-state index in [1.807, 2.05) is 37.3 Å². The second kappa shape index (κ2) is 9.45. The molecule has 0 unspecified atom stereocenters. The molecule has 4 rings (SSSR count). The van der Waals surface area contributed by atoms with Crippen LogP contribution >= 0.6 is 11.6 Å². The molecule has 3 aromatic carbocycles. The highest BCUT2D eigenvalue weighted by molar-refractivity contribution is 6.31. The van der Waals surface area contributed by atoms with Crippen LogP contribution in [0.25, 0.3) is 22.1 Å². The Hall–Kier alpha value is -3.31. The first-order valence-corrected chi connectivity index (χ1v) is 11.1. The zero-order chi connectivity index (χ0) is 22.7. The standard InChI is InChI=1S/C26H25ClN2O3/c1-4-7-18-10-12-19(13-11-18)20-14-23(25-16(2)29-32-24(25)15-20)28-26(30)31-17(3)21-8-5-6-9-22(21)27/h5-6,8-15,17H,4,7H2,1-3H3,(H,28,30)/t17-/m1/s1. The van der Waals surface area contributed by atoms with Crippen LogP contribution in [0.4, 0.5) is 10.5 Å². The fraction of sp³-hybridized carbons (Fsp3) is 0.231. The lowest BCUT2D eigenvalue weighted by atomic mass is 10.00. The topological polar surface area (TPSA) is 64.4 Å². The summed E-state index contributed by atoms with van der Waals surface area (Å²) in [5.74, 6) is 0. The Bertz CT molecular complexity index is 1250. The van der Waals surface area contributed by atoms with Gasteiger partial charge in [0.1, 0.15) is 6.10 Å². The van der Waals surface area contributed by atoms with E-state index >= 15 is 0 Å². The van der Waals surface area contributed by atoms with Gasteiger partial charge >= 0.3 is 6.09 Å². The molecule has 0 aliphatic carbocycles. The van der Waals surface area contributed by atoms with Gasteiger partial charge < -0.3 is 9.26 Å². The molecule has 1 aromatic heterocycles. The van der Waals surface area contributed by atoms with Crippen molar-refractivity contribution >= 4 is 34.4 Å². The number of amides is 1. The summed E-state index contributed by atoms with van der Waals surface area (Å²) in [4.78, 5) is 12.7. The molecule has 6 heteroatoms. The molecule has 32 heavy (non-hydrogen) atoms. The molecular weight excluding hydrogens is 424 g/mol. The average molecular weight is 449 g/mol. The molecular formula is C26H25ClN2O3. The molecule has 1 N–H and O–H groups in total. The molecule has 1 amide bonds. The first-order valence-electron chi connectivity index (χ1n) is 10.7. The maximum absolute atomic E-state index is 12.7. The highest BCUT2D eigenvalue weighted by Crippen LogP contribution is 2.34. The quantitative estimate of drug-likeness (QED) is 0.328. The Balaban J connectivity index is 1.62. The van der Waals surface area contributed by atoms with Gasteiger partial charge in [0, 0.05) is 10.6 Å². The van der Waals surface area contributed by atoms with Gasteiger partial charge in [0.2, 0.25) is 0 Å². The van der Waals surface area contributed by atoms with Crippen molar-refractivity contribution in [1.29, 1.82) is 0 Å². The van der Waals surface area contributed by atoms with Crippen molar-refractivity contribution in [2.24, 2.45) is 0 Å². The van der Waals surface area contributed by atoms with Crippen molar-refractivity contribution in [2.45, 2.75) is 39.7 Å². The van der Waals surface area contributed by atoms with E-state index in [1.165, 1.54) is 5.56 Å². The number of hydrogen-bond donors (Lipinski definition) is 1. The Labute approximate surface area is 192 Å². The van der Waals surface area contributed by atoms with Gasteiger partial charge in [-0.05, 0) is 55.2 Å². The SMILES string of the molecule is CCCc1ccc(-c2cc(NC(=O)O[C@H](C)c3ccccc3Cl)c3c(C)noc3c2)cc1. The van der Waals surface area contributed by atoms with Crippen molar-refractivity contribution in [3.63, 3.8) is 0 Å². The van der Waals surface area contributed by atoms with Gasteiger partial charge in [-0.2, -0.15) is 0 Å². The number of benzene rings is 3. The van der Waals surface area contributed by atoms with Gasteiger partial charge in [0.05, 0.1) is 16.8 Å². The molecule has 0 fully saturated rings. The third-order valence-corrected chi connectivity index (χ3v) is 5.78. The number of anilines is 1. The third kappa shape index (κ3) is 4.63. The van der Waals surface area contributed by atoms with E-state index in [1.54, 1.807) is 13.0 Å². The smallest absolute Gasteiger partial charge is 0.412 e. The highest BCUT2D eigenvalue weighted by Gasteiger charge is 2.18. The van der Waals surface area contributed by atoms with Gasteiger partial charge in [-0.25, -0.2) is 4.79 Å². The van der Waals surface area contributed by atoms with Crippen LogP contribution in [-0.4, -0.2) is 11.2 Å². The number of fused-ring (bicyclic) bond motifs is 1.